The molecular formula is C20H23N3O3. The van der Waals surface area contributed by atoms with Crippen LogP contribution in [0.2, 0.25) is 0 Å². The van der Waals surface area contributed by atoms with Crippen molar-refractivity contribution in [2.75, 3.05) is 32.8 Å². The normalized spacial score (nSPS) is 16.8. The molecule has 0 atom stereocenters. The van der Waals surface area contributed by atoms with Gasteiger partial charge in [-0.1, -0.05) is 12.1 Å². The molecule has 0 unspecified atom stereocenters. The summed E-state index contributed by atoms with van der Waals surface area (Å²) in [4.78, 5) is 31.8. The minimum atomic E-state index is 0.00270. The first-order valence-electron chi connectivity index (χ1n) is 9.16. The Bertz CT molecular complexity index is 801. The van der Waals surface area contributed by atoms with E-state index >= 15 is 0 Å². The summed E-state index contributed by atoms with van der Waals surface area (Å²) in [6.45, 7) is 3.25. The predicted octanol–water partition coefficient (Wildman–Crippen LogP) is 1.87. The van der Waals surface area contributed by atoms with Crippen LogP contribution >= 0.6 is 0 Å². The predicted molar refractivity (Wildman–Crippen MR) is 97.2 cm³/mol. The van der Waals surface area contributed by atoms with Crippen molar-refractivity contribution in [1.29, 1.82) is 0 Å². The van der Waals surface area contributed by atoms with Gasteiger partial charge in [-0.3, -0.25) is 9.59 Å². The van der Waals surface area contributed by atoms with E-state index < -0.39 is 0 Å². The molecule has 0 bridgehead atoms. The van der Waals surface area contributed by atoms with E-state index in [1.54, 1.807) is 12.3 Å². The van der Waals surface area contributed by atoms with Gasteiger partial charge >= 0.3 is 0 Å². The fraction of sp³-hybridized carbons (Fsp3) is 0.400. The van der Waals surface area contributed by atoms with Gasteiger partial charge in [-0.25, -0.2) is 0 Å². The number of hydrogen-bond donors (Lipinski definition) is 1. The lowest BCUT2D eigenvalue weighted by Gasteiger charge is -2.22. The van der Waals surface area contributed by atoms with Crippen LogP contribution in [0.25, 0.3) is 0 Å². The highest BCUT2D eigenvalue weighted by molar-refractivity contribution is 5.92. The number of amides is 2. The van der Waals surface area contributed by atoms with Crippen LogP contribution in [0.4, 0.5) is 0 Å². The van der Waals surface area contributed by atoms with Crippen LogP contribution in [0.15, 0.2) is 36.5 Å². The van der Waals surface area contributed by atoms with E-state index in [0.717, 1.165) is 30.8 Å². The molecule has 6 heteroatoms. The summed E-state index contributed by atoms with van der Waals surface area (Å²) in [5.74, 6) is 1.07. The highest BCUT2D eigenvalue weighted by Gasteiger charge is 2.23. The van der Waals surface area contributed by atoms with Gasteiger partial charge < -0.3 is 19.5 Å². The third-order valence-corrected chi connectivity index (χ3v) is 5.07. The number of aromatic amines is 1. The van der Waals surface area contributed by atoms with E-state index in [-0.39, 0.29) is 11.8 Å². The third kappa shape index (κ3) is 3.45. The number of nitrogens with zero attached hydrogens (tertiary/aromatic N) is 2. The minimum absolute atomic E-state index is 0.00270. The average Bonchev–Trinajstić information content (AvgIpc) is 3.28. The summed E-state index contributed by atoms with van der Waals surface area (Å²) >= 11 is 0. The monoisotopic (exact) mass is 353 g/mol. The fourth-order valence-electron chi connectivity index (χ4n) is 3.64. The van der Waals surface area contributed by atoms with Gasteiger partial charge in [0.15, 0.2) is 0 Å². The number of ether oxygens (including phenoxy) is 1. The zero-order chi connectivity index (χ0) is 17.9. The fourth-order valence-corrected chi connectivity index (χ4v) is 3.64. The number of fused-ring (bicyclic) bond motifs is 1. The molecule has 0 aliphatic carbocycles. The van der Waals surface area contributed by atoms with E-state index in [4.69, 9.17) is 4.74 Å². The van der Waals surface area contributed by atoms with Crippen molar-refractivity contribution in [3.63, 3.8) is 0 Å². The molecule has 0 saturated carbocycles. The van der Waals surface area contributed by atoms with Crippen LogP contribution in [-0.2, 0) is 17.6 Å². The van der Waals surface area contributed by atoms with Crippen LogP contribution in [0.1, 0.15) is 28.0 Å². The second-order valence-electron chi connectivity index (χ2n) is 6.83. The van der Waals surface area contributed by atoms with Gasteiger partial charge in [0, 0.05) is 38.8 Å². The molecule has 0 radical (unpaired) electrons. The first kappa shape index (κ1) is 16.7. The average molecular weight is 353 g/mol. The smallest absolute Gasteiger partial charge is 0.270 e. The quantitative estimate of drug-likeness (QED) is 0.916. The SMILES string of the molecule is O=C(Cc1ccc2c(c1)CCO2)N1CCCN(C(=O)c2ccc[nH]2)CC1. The van der Waals surface area contributed by atoms with Crippen molar-refractivity contribution >= 4 is 11.8 Å². The third-order valence-electron chi connectivity index (χ3n) is 5.07. The first-order chi connectivity index (χ1) is 12.7. The Morgan fingerprint density at radius 2 is 1.92 bits per heavy atom. The highest BCUT2D eigenvalue weighted by atomic mass is 16.5. The zero-order valence-corrected chi connectivity index (χ0v) is 14.7. The summed E-state index contributed by atoms with van der Waals surface area (Å²) in [5, 5.41) is 0. The number of hydrogen-bond acceptors (Lipinski definition) is 3. The van der Waals surface area contributed by atoms with E-state index in [1.807, 2.05) is 28.0 Å². The summed E-state index contributed by atoms with van der Waals surface area (Å²) < 4.78 is 5.52. The summed E-state index contributed by atoms with van der Waals surface area (Å²) in [6, 6.07) is 9.63. The molecule has 2 aliphatic heterocycles. The van der Waals surface area contributed by atoms with Crippen LogP contribution < -0.4 is 4.74 Å². The van der Waals surface area contributed by atoms with Gasteiger partial charge in [-0.15, -0.1) is 0 Å². The van der Waals surface area contributed by atoms with E-state index in [1.165, 1.54) is 5.56 Å². The largest absolute Gasteiger partial charge is 0.493 e. The van der Waals surface area contributed by atoms with Gasteiger partial charge in [-0.2, -0.15) is 0 Å². The van der Waals surface area contributed by atoms with Gasteiger partial charge in [0.2, 0.25) is 5.91 Å². The van der Waals surface area contributed by atoms with E-state index in [9.17, 15) is 9.59 Å². The molecular weight excluding hydrogens is 330 g/mol. The Labute approximate surface area is 152 Å². The molecule has 1 fully saturated rings. The Morgan fingerprint density at radius 3 is 2.77 bits per heavy atom. The van der Waals surface area contributed by atoms with Crippen molar-refractivity contribution in [3.8, 4) is 5.75 Å². The lowest BCUT2D eigenvalue weighted by molar-refractivity contribution is -0.130. The van der Waals surface area contributed by atoms with E-state index in [2.05, 4.69) is 11.1 Å². The molecule has 1 N–H and O–H groups in total. The lowest BCUT2D eigenvalue weighted by Crippen LogP contribution is -2.38. The van der Waals surface area contributed by atoms with Crippen LogP contribution in [-0.4, -0.2) is 59.4 Å². The van der Waals surface area contributed by atoms with Crippen molar-refractivity contribution in [2.24, 2.45) is 0 Å². The maximum absolute atomic E-state index is 12.7. The number of aromatic nitrogens is 1. The highest BCUT2D eigenvalue weighted by Crippen LogP contribution is 2.26. The Hall–Kier alpha value is -2.76. The number of carbonyl (C=O) groups excluding carboxylic acids is 2. The van der Waals surface area contributed by atoms with Gasteiger partial charge in [-0.05, 0) is 35.7 Å². The number of carbonyl (C=O) groups is 2. The standard InChI is InChI=1S/C20H23N3O3/c24-19(14-15-4-5-18-16(13-15)6-12-26-18)22-8-2-9-23(11-10-22)20(25)17-3-1-7-21-17/h1,3-5,7,13,21H,2,6,8-12,14H2. The number of rotatable bonds is 3. The second-order valence-corrected chi connectivity index (χ2v) is 6.83. The van der Waals surface area contributed by atoms with Crippen LogP contribution in [0.5, 0.6) is 5.75 Å². The molecule has 0 spiro atoms. The summed E-state index contributed by atoms with van der Waals surface area (Å²) in [5.41, 5.74) is 2.82. The topological polar surface area (TPSA) is 65.6 Å². The van der Waals surface area contributed by atoms with Crippen LogP contribution in [0.3, 0.4) is 0 Å². The zero-order valence-electron chi connectivity index (χ0n) is 14.7. The van der Waals surface area contributed by atoms with Crippen molar-refractivity contribution < 1.29 is 14.3 Å². The van der Waals surface area contributed by atoms with Crippen LogP contribution in [0, 0.1) is 0 Å². The number of nitrogens with one attached hydrogen (secondary N) is 1. The molecule has 4 rings (SSSR count). The summed E-state index contributed by atoms with van der Waals surface area (Å²) in [6.07, 6.45) is 3.87. The van der Waals surface area contributed by atoms with E-state index in [0.29, 0.717) is 38.3 Å². The molecule has 26 heavy (non-hydrogen) atoms. The number of H-pyrrole nitrogens is 1. The minimum Gasteiger partial charge on any atom is -0.493 e. The molecule has 136 valence electrons. The summed E-state index contributed by atoms with van der Waals surface area (Å²) in [7, 11) is 0. The van der Waals surface area contributed by atoms with Gasteiger partial charge in [0.1, 0.15) is 11.4 Å². The maximum Gasteiger partial charge on any atom is 0.270 e. The Kier molecular flexibility index (Phi) is 4.65. The molecule has 2 aliphatic rings. The van der Waals surface area contributed by atoms with Gasteiger partial charge in [0.25, 0.3) is 5.91 Å². The lowest BCUT2D eigenvalue weighted by atomic mass is 10.1. The maximum atomic E-state index is 12.7. The molecule has 2 aromatic rings. The molecule has 1 aromatic carbocycles. The first-order valence-corrected chi connectivity index (χ1v) is 9.16. The Morgan fingerprint density at radius 1 is 1.08 bits per heavy atom. The second kappa shape index (κ2) is 7.23. The van der Waals surface area contributed by atoms with Crippen molar-refractivity contribution in [2.45, 2.75) is 19.3 Å². The molecule has 3 heterocycles. The molecule has 1 aromatic heterocycles. The van der Waals surface area contributed by atoms with Crippen molar-refractivity contribution in [1.82, 2.24) is 14.8 Å². The van der Waals surface area contributed by atoms with Gasteiger partial charge in [0.05, 0.1) is 13.0 Å². The Balaban J connectivity index is 1.36. The number of benzene rings is 1. The molecule has 2 amide bonds. The molecule has 6 nitrogen and oxygen atoms in total. The van der Waals surface area contributed by atoms with Crippen molar-refractivity contribution in [3.05, 3.63) is 53.3 Å². The molecule has 1 saturated heterocycles.